The molecule has 0 spiro atoms. The molecule has 4 heteroatoms. The zero-order valence-electron chi connectivity index (χ0n) is 18.4. The zero-order chi connectivity index (χ0) is 21.3. The Hall–Kier alpha value is -2.38. The van der Waals surface area contributed by atoms with E-state index in [0.29, 0.717) is 24.3 Å². The number of hydrogen-bond acceptors (Lipinski definition) is 4. The third-order valence-corrected chi connectivity index (χ3v) is 7.33. The number of methoxy groups -OCH3 is 1. The third kappa shape index (κ3) is 3.84. The Bertz CT molecular complexity index is 971. The topological polar surface area (TPSA) is 53.3 Å². The molecule has 0 aromatic heterocycles. The van der Waals surface area contributed by atoms with E-state index in [1.54, 1.807) is 7.11 Å². The minimum atomic E-state index is 0.0635. The summed E-state index contributed by atoms with van der Waals surface area (Å²) in [6, 6.07) is 12.8. The molecule has 0 bridgehead atoms. The number of ether oxygens (including phenoxy) is 1. The summed E-state index contributed by atoms with van der Waals surface area (Å²) >= 11 is 0. The predicted molar refractivity (Wildman–Crippen MR) is 120 cm³/mol. The number of carbonyl (C=O) groups is 1. The highest BCUT2D eigenvalue weighted by molar-refractivity contribution is 6.02. The highest BCUT2D eigenvalue weighted by Gasteiger charge is 2.39. The van der Waals surface area contributed by atoms with Gasteiger partial charge in [-0.25, -0.2) is 0 Å². The third-order valence-electron chi connectivity index (χ3n) is 7.33. The largest absolute Gasteiger partial charge is 0.496 e. The summed E-state index contributed by atoms with van der Waals surface area (Å²) in [7, 11) is 1.63. The molecule has 30 heavy (non-hydrogen) atoms. The molecule has 2 fully saturated rings. The lowest BCUT2D eigenvalue weighted by atomic mass is 9.73. The number of Topliss-reactive ketones (excluding diaryl/α,β-unsaturated/α-hetero) is 1. The van der Waals surface area contributed by atoms with Gasteiger partial charge < -0.3 is 4.74 Å². The molecule has 0 radical (unpaired) electrons. The molecule has 1 aliphatic carbocycles. The van der Waals surface area contributed by atoms with Gasteiger partial charge in [0.05, 0.1) is 19.6 Å². The lowest BCUT2D eigenvalue weighted by Crippen LogP contribution is -2.51. The van der Waals surface area contributed by atoms with Crippen molar-refractivity contribution < 1.29 is 9.53 Å². The molecule has 2 atom stereocenters. The van der Waals surface area contributed by atoms with Crippen LogP contribution in [0.1, 0.15) is 55.5 Å². The van der Waals surface area contributed by atoms with Gasteiger partial charge in [-0.15, -0.1) is 0 Å². The van der Waals surface area contributed by atoms with E-state index in [2.05, 4.69) is 24.8 Å². The zero-order valence-corrected chi connectivity index (χ0v) is 18.4. The van der Waals surface area contributed by atoms with Crippen LogP contribution < -0.4 is 4.74 Å². The summed E-state index contributed by atoms with van der Waals surface area (Å²) in [6.45, 7) is 6.54. The van der Waals surface area contributed by atoms with E-state index in [1.165, 1.54) is 19.3 Å². The Kier molecular flexibility index (Phi) is 6.11. The lowest BCUT2D eigenvalue weighted by molar-refractivity contribution is 0.0304. The average Bonchev–Trinajstić information content (AvgIpc) is 2.71. The number of ketones is 1. The van der Waals surface area contributed by atoms with Crippen LogP contribution in [0.3, 0.4) is 0 Å². The molecular weight excluding hydrogens is 372 g/mol. The number of hydrogen-bond donors (Lipinski definition) is 0. The van der Waals surface area contributed by atoms with Gasteiger partial charge in [-0.05, 0) is 60.5 Å². The Morgan fingerprint density at radius 2 is 2.03 bits per heavy atom. The van der Waals surface area contributed by atoms with E-state index in [9.17, 15) is 10.1 Å². The minimum Gasteiger partial charge on any atom is -0.496 e. The molecule has 2 aliphatic rings. The van der Waals surface area contributed by atoms with Crippen molar-refractivity contribution in [2.24, 2.45) is 17.8 Å². The fourth-order valence-corrected chi connectivity index (χ4v) is 5.35. The highest BCUT2D eigenvalue weighted by Crippen LogP contribution is 2.37. The first-order chi connectivity index (χ1) is 14.5. The monoisotopic (exact) mass is 404 g/mol. The number of fused-ring (bicyclic) bond motifs is 1. The fraction of sp³-hybridized carbons (Fsp3) is 0.538. The van der Waals surface area contributed by atoms with E-state index >= 15 is 0 Å². The van der Waals surface area contributed by atoms with Crippen molar-refractivity contribution in [2.75, 3.05) is 20.2 Å². The summed E-state index contributed by atoms with van der Waals surface area (Å²) in [6.07, 6.45) is 5.30. The van der Waals surface area contributed by atoms with Crippen LogP contribution in [0.4, 0.5) is 0 Å². The van der Waals surface area contributed by atoms with Crippen molar-refractivity contribution >= 4 is 16.6 Å². The SMILES string of the molecule is COc1ccc2cc(C(=O)[C@@H]3CN(C4CCC4)CCC3C(C)C)ccc2c1CC#N. The van der Waals surface area contributed by atoms with Crippen molar-refractivity contribution in [3.05, 3.63) is 41.5 Å². The van der Waals surface area contributed by atoms with Gasteiger partial charge in [-0.1, -0.05) is 38.5 Å². The van der Waals surface area contributed by atoms with E-state index < -0.39 is 0 Å². The van der Waals surface area contributed by atoms with Crippen LogP contribution in [0.25, 0.3) is 10.8 Å². The van der Waals surface area contributed by atoms with Crippen LogP contribution >= 0.6 is 0 Å². The summed E-state index contributed by atoms with van der Waals surface area (Å²) in [4.78, 5) is 16.2. The quantitative estimate of drug-likeness (QED) is 0.618. The molecule has 4 nitrogen and oxygen atoms in total. The molecule has 4 rings (SSSR count). The first kappa shape index (κ1) is 20.9. The van der Waals surface area contributed by atoms with Crippen LogP contribution in [-0.2, 0) is 6.42 Å². The van der Waals surface area contributed by atoms with Crippen LogP contribution in [0.15, 0.2) is 30.3 Å². The summed E-state index contributed by atoms with van der Waals surface area (Å²) < 4.78 is 5.45. The molecule has 2 aromatic carbocycles. The van der Waals surface area contributed by atoms with Gasteiger partial charge in [-0.2, -0.15) is 5.26 Å². The molecule has 1 heterocycles. The van der Waals surface area contributed by atoms with Crippen LogP contribution in [0.5, 0.6) is 5.75 Å². The maximum Gasteiger partial charge on any atom is 0.167 e. The maximum absolute atomic E-state index is 13.7. The standard InChI is InChI=1S/C26H32N2O2/c1-17(2)21-12-14-28(20-5-4-6-20)16-24(21)26(29)19-7-9-22-18(15-19)8-10-25(30-3)23(22)11-13-27/h7-10,15,17,20-21,24H,4-6,11-12,14,16H2,1-3H3/t21?,24-/m1/s1. The molecule has 0 N–H and O–H groups in total. The smallest absolute Gasteiger partial charge is 0.167 e. The Balaban J connectivity index is 1.65. The van der Waals surface area contributed by atoms with E-state index in [1.807, 2.05) is 30.3 Å². The first-order valence-electron chi connectivity index (χ1n) is 11.3. The molecule has 0 amide bonds. The number of rotatable bonds is 6. The second kappa shape index (κ2) is 8.78. The maximum atomic E-state index is 13.7. The van der Waals surface area contributed by atoms with Gasteiger partial charge in [0.2, 0.25) is 0 Å². The van der Waals surface area contributed by atoms with Crippen LogP contribution in [-0.4, -0.2) is 36.9 Å². The van der Waals surface area contributed by atoms with Crippen molar-refractivity contribution in [1.82, 2.24) is 4.90 Å². The Morgan fingerprint density at radius 3 is 2.67 bits per heavy atom. The number of carbonyl (C=O) groups excluding carboxylic acids is 1. The summed E-state index contributed by atoms with van der Waals surface area (Å²) in [5.41, 5.74) is 1.69. The fourth-order valence-electron chi connectivity index (χ4n) is 5.35. The Labute approximate surface area is 179 Å². The summed E-state index contributed by atoms with van der Waals surface area (Å²) in [5.74, 6) is 2.02. The number of nitrogens with zero attached hydrogens (tertiary/aromatic N) is 2. The number of piperidine rings is 1. The van der Waals surface area contributed by atoms with Crippen LogP contribution in [0, 0.1) is 29.1 Å². The predicted octanol–water partition coefficient (Wildman–Crippen LogP) is 5.24. The number of nitriles is 1. The van der Waals surface area contributed by atoms with Crippen molar-refractivity contribution in [3.63, 3.8) is 0 Å². The van der Waals surface area contributed by atoms with Gasteiger partial charge in [0, 0.05) is 29.6 Å². The molecule has 1 saturated carbocycles. The molecule has 2 aromatic rings. The van der Waals surface area contributed by atoms with Gasteiger partial charge in [0.15, 0.2) is 5.78 Å². The number of benzene rings is 2. The lowest BCUT2D eigenvalue weighted by Gasteiger charge is -2.46. The second-order valence-electron chi connectivity index (χ2n) is 9.26. The van der Waals surface area contributed by atoms with E-state index in [-0.39, 0.29) is 11.7 Å². The van der Waals surface area contributed by atoms with Crippen LogP contribution in [0.2, 0.25) is 0 Å². The van der Waals surface area contributed by atoms with E-state index in [4.69, 9.17) is 4.74 Å². The molecular formula is C26H32N2O2. The second-order valence-corrected chi connectivity index (χ2v) is 9.26. The van der Waals surface area contributed by atoms with Crippen molar-refractivity contribution in [3.8, 4) is 11.8 Å². The first-order valence-corrected chi connectivity index (χ1v) is 11.3. The molecule has 1 saturated heterocycles. The average molecular weight is 405 g/mol. The van der Waals surface area contributed by atoms with Gasteiger partial charge in [0.25, 0.3) is 0 Å². The molecule has 1 aliphatic heterocycles. The Morgan fingerprint density at radius 1 is 1.23 bits per heavy atom. The normalized spacial score (nSPS) is 22.6. The van der Waals surface area contributed by atoms with Gasteiger partial charge >= 0.3 is 0 Å². The minimum absolute atomic E-state index is 0.0635. The molecule has 158 valence electrons. The van der Waals surface area contributed by atoms with Gasteiger partial charge in [0.1, 0.15) is 5.75 Å². The van der Waals surface area contributed by atoms with Crippen molar-refractivity contribution in [2.45, 2.75) is 52.0 Å². The summed E-state index contributed by atoms with van der Waals surface area (Å²) in [5, 5.41) is 11.2. The van der Waals surface area contributed by atoms with Crippen molar-refractivity contribution in [1.29, 1.82) is 5.26 Å². The molecule has 1 unspecified atom stereocenters. The van der Waals surface area contributed by atoms with E-state index in [0.717, 1.165) is 47.2 Å². The van der Waals surface area contributed by atoms with Gasteiger partial charge in [-0.3, -0.25) is 9.69 Å². The highest BCUT2D eigenvalue weighted by atomic mass is 16.5. The number of likely N-dealkylation sites (tertiary alicyclic amines) is 1.